The third kappa shape index (κ3) is 8.46. The van der Waals surface area contributed by atoms with E-state index >= 15 is 0 Å². The van der Waals surface area contributed by atoms with Gasteiger partial charge in [-0.25, -0.2) is 4.79 Å². The van der Waals surface area contributed by atoms with Gasteiger partial charge in [0.15, 0.2) is 0 Å². The summed E-state index contributed by atoms with van der Waals surface area (Å²) in [5.74, 6) is -1.94. The summed E-state index contributed by atoms with van der Waals surface area (Å²) in [6.45, 7) is 3.96. The predicted octanol–water partition coefficient (Wildman–Crippen LogP) is 3.02. The van der Waals surface area contributed by atoms with E-state index in [0.717, 1.165) is 43.2 Å². The average Bonchev–Trinajstić information content (AvgIpc) is 2.79. The summed E-state index contributed by atoms with van der Waals surface area (Å²) in [7, 11) is 1.63. The zero-order chi connectivity index (χ0) is 23.6. The number of alkyl halides is 3. The first-order chi connectivity index (χ1) is 15.2. The minimum Gasteiger partial charge on any atom is -0.497 e. The fraction of sp³-hybridized carbons (Fsp3) is 0.364. The lowest BCUT2D eigenvalue weighted by molar-refractivity contribution is -0.192. The van der Waals surface area contributed by atoms with Crippen molar-refractivity contribution in [2.24, 2.45) is 0 Å². The summed E-state index contributed by atoms with van der Waals surface area (Å²) < 4.78 is 42.2. The minimum atomic E-state index is -5.08. The summed E-state index contributed by atoms with van der Waals surface area (Å²) in [5, 5.41) is 10.1. The van der Waals surface area contributed by atoms with Crippen molar-refractivity contribution in [3.63, 3.8) is 0 Å². The maximum absolute atomic E-state index is 12.1. The Bertz CT molecular complexity index is 865. The minimum absolute atomic E-state index is 0.0161. The molecule has 2 N–H and O–H groups in total. The van der Waals surface area contributed by atoms with E-state index in [4.69, 9.17) is 19.4 Å². The highest BCUT2D eigenvalue weighted by molar-refractivity contribution is 5.78. The zero-order valence-corrected chi connectivity index (χ0v) is 17.5. The van der Waals surface area contributed by atoms with Gasteiger partial charge in [0.05, 0.1) is 26.7 Å². The number of nitrogens with one attached hydrogen (secondary N) is 1. The van der Waals surface area contributed by atoms with Gasteiger partial charge in [-0.2, -0.15) is 13.2 Å². The van der Waals surface area contributed by atoms with Crippen molar-refractivity contribution in [2.45, 2.75) is 19.1 Å². The first-order valence-corrected chi connectivity index (χ1v) is 9.80. The molecule has 0 spiro atoms. The van der Waals surface area contributed by atoms with Crippen molar-refractivity contribution in [1.82, 2.24) is 5.32 Å². The maximum atomic E-state index is 12.1. The molecule has 174 valence electrons. The van der Waals surface area contributed by atoms with E-state index in [-0.39, 0.29) is 5.91 Å². The van der Waals surface area contributed by atoms with Crippen molar-refractivity contribution < 1.29 is 37.3 Å². The van der Waals surface area contributed by atoms with Crippen LogP contribution >= 0.6 is 0 Å². The van der Waals surface area contributed by atoms with Gasteiger partial charge < -0.3 is 24.8 Å². The fourth-order valence-electron chi connectivity index (χ4n) is 2.84. The van der Waals surface area contributed by atoms with Crippen molar-refractivity contribution in [3.05, 3.63) is 59.7 Å². The first-order valence-electron chi connectivity index (χ1n) is 9.80. The molecule has 1 aliphatic heterocycles. The van der Waals surface area contributed by atoms with Gasteiger partial charge in [0.1, 0.15) is 5.75 Å². The van der Waals surface area contributed by atoms with Crippen LogP contribution in [-0.2, 0) is 27.3 Å². The molecule has 0 bridgehead atoms. The number of nitrogens with zero attached hydrogens (tertiary/aromatic N) is 1. The van der Waals surface area contributed by atoms with Crippen molar-refractivity contribution in [1.29, 1.82) is 0 Å². The number of aliphatic carboxylic acids is 1. The molecular weight excluding hydrogens is 429 g/mol. The Balaban J connectivity index is 0.000000451. The molecule has 0 saturated carbocycles. The highest BCUT2D eigenvalue weighted by atomic mass is 19.4. The first kappa shape index (κ1) is 25.0. The standard InChI is InChI=1S/C20H24N2O3.C2HF3O2/c1-24-19-8-4-16(5-9-19)14-20(23)21-15-17-2-6-18(7-3-17)22-10-12-25-13-11-22;3-2(4,5)1(6)7/h2-9H,10-15H2,1H3,(H,21,23);(H,6,7). The van der Waals surface area contributed by atoms with Crippen LogP contribution in [0.4, 0.5) is 18.9 Å². The largest absolute Gasteiger partial charge is 0.497 e. The summed E-state index contributed by atoms with van der Waals surface area (Å²) in [6.07, 6.45) is -4.71. The predicted molar refractivity (Wildman–Crippen MR) is 112 cm³/mol. The topological polar surface area (TPSA) is 88.1 Å². The zero-order valence-electron chi connectivity index (χ0n) is 17.5. The molecule has 32 heavy (non-hydrogen) atoms. The molecule has 10 heteroatoms. The number of benzene rings is 2. The van der Waals surface area contributed by atoms with Crippen LogP contribution in [0.3, 0.4) is 0 Å². The number of amides is 1. The molecule has 1 heterocycles. The molecule has 3 rings (SSSR count). The highest BCUT2D eigenvalue weighted by Gasteiger charge is 2.38. The van der Waals surface area contributed by atoms with Crippen LogP contribution in [0.1, 0.15) is 11.1 Å². The number of carboxylic acids is 1. The number of ether oxygens (including phenoxy) is 2. The lowest BCUT2D eigenvalue weighted by atomic mass is 10.1. The van der Waals surface area contributed by atoms with Crippen molar-refractivity contribution >= 4 is 17.6 Å². The van der Waals surface area contributed by atoms with E-state index in [1.807, 2.05) is 24.3 Å². The molecule has 1 amide bonds. The van der Waals surface area contributed by atoms with Crippen molar-refractivity contribution in [3.8, 4) is 5.75 Å². The van der Waals surface area contributed by atoms with E-state index in [1.54, 1.807) is 7.11 Å². The number of rotatable bonds is 6. The second-order valence-electron chi connectivity index (χ2n) is 6.87. The quantitative estimate of drug-likeness (QED) is 0.698. The highest BCUT2D eigenvalue weighted by Crippen LogP contribution is 2.17. The van der Waals surface area contributed by atoms with Gasteiger partial charge in [-0.05, 0) is 35.4 Å². The van der Waals surface area contributed by atoms with Crippen LogP contribution < -0.4 is 15.0 Å². The molecule has 1 aliphatic rings. The lowest BCUT2D eigenvalue weighted by Crippen LogP contribution is -2.36. The van der Waals surface area contributed by atoms with E-state index in [2.05, 4.69) is 34.5 Å². The molecule has 0 unspecified atom stereocenters. The number of hydrogen-bond donors (Lipinski definition) is 2. The summed E-state index contributed by atoms with van der Waals surface area (Å²) >= 11 is 0. The smallest absolute Gasteiger partial charge is 0.490 e. The lowest BCUT2D eigenvalue weighted by Gasteiger charge is -2.28. The van der Waals surface area contributed by atoms with E-state index < -0.39 is 12.1 Å². The number of hydrogen-bond acceptors (Lipinski definition) is 5. The number of carbonyl (C=O) groups is 2. The van der Waals surface area contributed by atoms with Crippen LogP contribution in [0.2, 0.25) is 0 Å². The molecule has 7 nitrogen and oxygen atoms in total. The van der Waals surface area contributed by atoms with Gasteiger partial charge in [-0.3, -0.25) is 4.79 Å². The van der Waals surface area contributed by atoms with Crippen LogP contribution in [0.15, 0.2) is 48.5 Å². The number of methoxy groups -OCH3 is 1. The summed E-state index contributed by atoms with van der Waals surface area (Å²) in [6, 6.07) is 15.9. The van der Waals surface area contributed by atoms with Crippen molar-refractivity contribution in [2.75, 3.05) is 38.3 Å². The summed E-state index contributed by atoms with van der Waals surface area (Å²) in [5.41, 5.74) is 3.28. The van der Waals surface area contributed by atoms with E-state index in [1.165, 1.54) is 5.69 Å². The van der Waals surface area contributed by atoms with Crippen LogP contribution in [-0.4, -0.2) is 56.6 Å². The number of carbonyl (C=O) groups excluding carboxylic acids is 1. The van der Waals surface area contributed by atoms with Gasteiger partial charge in [-0.1, -0.05) is 24.3 Å². The van der Waals surface area contributed by atoms with Crippen LogP contribution in [0, 0.1) is 0 Å². The second kappa shape index (κ2) is 11.9. The molecule has 0 atom stereocenters. The molecule has 1 saturated heterocycles. The molecule has 1 fully saturated rings. The fourth-order valence-corrected chi connectivity index (χ4v) is 2.84. The van der Waals surface area contributed by atoms with Gasteiger partial charge in [0.25, 0.3) is 0 Å². The normalized spacial score (nSPS) is 13.6. The Labute approximate surface area is 183 Å². The number of carboxylic acid groups (broad SMARTS) is 1. The Morgan fingerprint density at radius 3 is 2.06 bits per heavy atom. The Hall–Kier alpha value is -3.27. The van der Waals surface area contributed by atoms with E-state index in [9.17, 15) is 18.0 Å². The Morgan fingerprint density at radius 2 is 1.56 bits per heavy atom. The van der Waals surface area contributed by atoms with E-state index in [0.29, 0.717) is 13.0 Å². The molecule has 2 aromatic carbocycles. The molecule has 0 radical (unpaired) electrons. The molecule has 2 aromatic rings. The number of halogens is 3. The number of morpholine rings is 1. The van der Waals surface area contributed by atoms with Crippen LogP contribution in [0.5, 0.6) is 5.75 Å². The molecular formula is C22H25F3N2O5. The Morgan fingerprint density at radius 1 is 1.03 bits per heavy atom. The average molecular weight is 454 g/mol. The number of anilines is 1. The third-order valence-corrected chi connectivity index (χ3v) is 4.57. The van der Waals surface area contributed by atoms with Gasteiger partial charge >= 0.3 is 12.1 Å². The molecule has 0 aromatic heterocycles. The maximum Gasteiger partial charge on any atom is 0.490 e. The SMILES string of the molecule is COc1ccc(CC(=O)NCc2ccc(N3CCOCC3)cc2)cc1.O=C(O)C(F)(F)F. The second-order valence-corrected chi connectivity index (χ2v) is 6.87. The van der Waals surface area contributed by atoms with Gasteiger partial charge in [-0.15, -0.1) is 0 Å². The third-order valence-electron chi connectivity index (χ3n) is 4.57. The monoisotopic (exact) mass is 454 g/mol. The summed E-state index contributed by atoms with van der Waals surface area (Å²) in [4.78, 5) is 23.3. The van der Waals surface area contributed by atoms with Crippen LogP contribution in [0.25, 0.3) is 0 Å². The van der Waals surface area contributed by atoms with Gasteiger partial charge in [0.2, 0.25) is 5.91 Å². The molecule has 0 aliphatic carbocycles. The van der Waals surface area contributed by atoms with Gasteiger partial charge in [0, 0.05) is 25.3 Å². The Kier molecular flexibility index (Phi) is 9.33.